The van der Waals surface area contributed by atoms with Crippen molar-refractivity contribution in [3.63, 3.8) is 0 Å². The zero-order chi connectivity index (χ0) is 12.5. The minimum absolute atomic E-state index is 0.429. The summed E-state index contributed by atoms with van der Waals surface area (Å²) in [4.78, 5) is 4.49. The van der Waals surface area contributed by atoms with E-state index in [2.05, 4.69) is 27.9 Å². The zero-order valence-corrected chi connectivity index (χ0v) is 10.8. The van der Waals surface area contributed by atoms with Gasteiger partial charge < -0.3 is 15.6 Å². The summed E-state index contributed by atoms with van der Waals surface area (Å²) in [5.74, 6) is 0.646. The van der Waals surface area contributed by atoms with Crippen LogP contribution in [0.4, 0.5) is 5.95 Å². The SMILES string of the molecule is Cc1cccc2nc(N)n([C@@H]3CCCCNC3)c12. The Bertz CT molecular complexity index is 550. The first-order valence-electron chi connectivity index (χ1n) is 6.71. The normalized spacial score (nSPS) is 21.1. The van der Waals surface area contributed by atoms with Gasteiger partial charge in [-0.1, -0.05) is 18.6 Å². The molecular weight excluding hydrogens is 224 g/mol. The van der Waals surface area contributed by atoms with Gasteiger partial charge in [-0.05, 0) is 37.9 Å². The van der Waals surface area contributed by atoms with Crippen molar-refractivity contribution in [1.29, 1.82) is 0 Å². The molecule has 2 aromatic rings. The van der Waals surface area contributed by atoms with Crippen molar-refractivity contribution in [2.45, 2.75) is 32.2 Å². The summed E-state index contributed by atoms with van der Waals surface area (Å²) in [6, 6.07) is 6.64. The molecule has 1 saturated heterocycles. The van der Waals surface area contributed by atoms with E-state index in [0.717, 1.165) is 18.6 Å². The molecule has 0 saturated carbocycles. The molecule has 1 fully saturated rings. The maximum absolute atomic E-state index is 6.13. The molecule has 4 nitrogen and oxygen atoms in total. The largest absolute Gasteiger partial charge is 0.369 e. The average Bonchev–Trinajstić information content (AvgIpc) is 2.54. The number of imidazole rings is 1. The summed E-state index contributed by atoms with van der Waals surface area (Å²) in [5, 5.41) is 3.49. The third-order valence-corrected chi connectivity index (χ3v) is 3.83. The van der Waals surface area contributed by atoms with Crippen LogP contribution in [0.2, 0.25) is 0 Å². The van der Waals surface area contributed by atoms with Gasteiger partial charge in [0.25, 0.3) is 0 Å². The van der Waals surface area contributed by atoms with Crippen molar-refractivity contribution < 1.29 is 0 Å². The van der Waals surface area contributed by atoms with Crippen LogP contribution in [-0.2, 0) is 0 Å². The number of nitrogens with two attached hydrogens (primary N) is 1. The molecule has 4 heteroatoms. The summed E-state index contributed by atoms with van der Waals surface area (Å²) in [6.45, 7) is 4.23. The first-order chi connectivity index (χ1) is 8.77. The van der Waals surface area contributed by atoms with Gasteiger partial charge in [-0.15, -0.1) is 0 Å². The van der Waals surface area contributed by atoms with Crippen LogP contribution in [0, 0.1) is 6.92 Å². The second-order valence-corrected chi connectivity index (χ2v) is 5.14. The van der Waals surface area contributed by atoms with E-state index in [0.29, 0.717) is 12.0 Å². The molecule has 0 radical (unpaired) electrons. The van der Waals surface area contributed by atoms with Crippen LogP contribution in [-0.4, -0.2) is 22.6 Å². The highest BCUT2D eigenvalue weighted by molar-refractivity contribution is 5.81. The Labute approximate surface area is 107 Å². The highest BCUT2D eigenvalue weighted by Crippen LogP contribution is 2.28. The molecule has 2 heterocycles. The lowest BCUT2D eigenvalue weighted by Gasteiger charge is -2.19. The van der Waals surface area contributed by atoms with Crippen molar-refractivity contribution in [3.8, 4) is 0 Å². The monoisotopic (exact) mass is 244 g/mol. The highest BCUT2D eigenvalue weighted by Gasteiger charge is 2.19. The first-order valence-corrected chi connectivity index (χ1v) is 6.71. The van der Waals surface area contributed by atoms with E-state index < -0.39 is 0 Å². The fourth-order valence-corrected chi connectivity index (χ4v) is 2.93. The fourth-order valence-electron chi connectivity index (χ4n) is 2.93. The van der Waals surface area contributed by atoms with Gasteiger partial charge in [0.1, 0.15) is 0 Å². The third kappa shape index (κ3) is 1.86. The van der Waals surface area contributed by atoms with Gasteiger partial charge in [0, 0.05) is 12.6 Å². The summed E-state index contributed by atoms with van der Waals surface area (Å²) in [7, 11) is 0. The zero-order valence-electron chi connectivity index (χ0n) is 10.8. The number of nitrogens with zero attached hydrogens (tertiary/aromatic N) is 2. The van der Waals surface area contributed by atoms with E-state index in [1.807, 2.05) is 12.1 Å². The number of aryl methyl sites for hydroxylation is 1. The third-order valence-electron chi connectivity index (χ3n) is 3.83. The van der Waals surface area contributed by atoms with Gasteiger partial charge in [-0.3, -0.25) is 0 Å². The Morgan fingerprint density at radius 1 is 1.39 bits per heavy atom. The van der Waals surface area contributed by atoms with Gasteiger partial charge in [-0.25, -0.2) is 4.98 Å². The van der Waals surface area contributed by atoms with Crippen LogP contribution in [0.1, 0.15) is 30.9 Å². The molecule has 0 spiro atoms. The Morgan fingerprint density at radius 2 is 2.28 bits per heavy atom. The Hall–Kier alpha value is -1.55. The molecular formula is C14H20N4. The predicted molar refractivity (Wildman–Crippen MR) is 74.6 cm³/mol. The van der Waals surface area contributed by atoms with Crippen LogP contribution in [0.5, 0.6) is 0 Å². The smallest absolute Gasteiger partial charge is 0.201 e. The minimum Gasteiger partial charge on any atom is -0.369 e. The van der Waals surface area contributed by atoms with Crippen molar-refractivity contribution in [2.24, 2.45) is 0 Å². The van der Waals surface area contributed by atoms with Crippen LogP contribution in [0.3, 0.4) is 0 Å². The van der Waals surface area contributed by atoms with Crippen LogP contribution in [0.25, 0.3) is 11.0 Å². The van der Waals surface area contributed by atoms with E-state index in [1.165, 1.54) is 30.3 Å². The molecule has 96 valence electrons. The molecule has 0 bridgehead atoms. The van der Waals surface area contributed by atoms with Gasteiger partial charge in [-0.2, -0.15) is 0 Å². The van der Waals surface area contributed by atoms with Crippen molar-refractivity contribution in [1.82, 2.24) is 14.9 Å². The number of hydrogen-bond acceptors (Lipinski definition) is 3. The molecule has 1 aromatic heterocycles. The van der Waals surface area contributed by atoms with Crippen LogP contribution < -0.4 is 11.1 Å². The summed E-state index contributed by atoms with van der Waals surface area (Å²) in [5.41, 5.74) is 9.59. The van der Waals surface area contributed by atoms with Gasteiger partial charge in [0.05, 0.1) is 11.0 Å². The van der Waals surface area contributed by atoms with E-state index in [-0.39, 0.29) is 0 Å². The van der Waals surface area contributed by atoms with Crippen LogP contribution in [0.15, 0.2) is 18.2 Å². The number of fused-ring (bicyclic) bond motifs is 1. The summed E-state index contributed by atoms with van der Waals surface area (Å²) >= 11 is 0. The molecule has 3 rings (SSSR count). The topological polar surface area (TPSA) is 55.9 Å². The van der Waals surface area contributed by atoms with Crippen molar-refractivity contribution in [3.05, 3.63) is 23.8 Å². The highest BCUT2D eigenvalue weighted by atomic mass is 15.2. The number of anilines is 1. The molecule has 1 aliphatic rings. The second kappa shape index (κ2) is 4.61. The number of hydrogen-bond donors (Lipinski definition) is 2. The summed E-state index contributed by atoms with van der Waals surface area (Å²) in [6.07, 6.45) is 3.68. The number of aromatic nitrogens is 2. The van der Waals surface area contributed by atoms with Crippen molar-refractivity contribution >= 4 is 17.0 Å². The molecule has 1 aliphatic heterocycles. The average molecular weight is 244 g/mol. The minimum atomic E-state index is 0.429. The Kier molecular flexibility index (Phi) is 2.96. The van der Waals surface area contributed by atoms with E-state index in [9.17, 15) is 0 Å². The molecule has 1 aromatic carbocycles. The molecule has 3 N–H and O–H groups in total. The van der Waals surface area contributed by atoms with Crippen LogP contribution >= 0.6 is 0 Å². The van der Waals surface area contributed by atoms with Gasteiger partial charge in [0.15, 0.2) is 0 Å². The molecule has 18 heavy (non-hydrogen) atoms. The second-order valence-electron chi connectivity index (χ2n) is 5.14. The number of nitrogens with one attached hydrogen (secondary N) is 1. The standard InChI is InChI=1S/C14H20N4/c1-10-5-4-7-12-13(10)18(14(15)17-12)11-6-2-3-8-16-9-11/h4-5,7,11,16H,2-3,6,8-9H2,1H3,(H2,15,17)/t11-/m1/s1. The van der Waals surface area contributed by atoms with E-state index in [1.54, 1.807) is 0 Å². The quantitative estimate of drug-likeness (QED) is 0.809. The number of rotatable bonds is 1. The maximum Gasteiger partial charge on any atom is 0.201 e. The summed E-state index contributed by atoms with van der Waals surface area (Å²) < 4.78 is 2.23. The number of para-hydroxylation sites is 1. The predicted octanol–water partition coefficient (Wildman–Crippen LogP) is 2.24. The van der Waals surface area contributed by atoms with Crippen molar-refractivity contribution in [2.75, 3.05) is 18.8 Å². The maximum atomic E-state index is 6.13. The molecule has 0 amide bonds. The van der Waals surface area contributed by atoms with Gasteiger partial charge >= 0.3 is 0 Å². The Balaban J connectivity index is 2.12. The molecule has 0 unspecified atom stereocenters. The fraction of sp³-hybridized carbons (Fsp3) is 0.500. The first kappa shape index (κ1) is 11.5. The lowest BCUT2D eigenvalue weighted by atomic mass is 10.1. The lowest BCUT2D eigenvalue weighted by Crippen LogP contribution is -2.24. The Morgan fingerprint density at radius 3 is 3.17 bits per heavy atom. The lowest BCUT2D eigenvalue weighted by molar-refractivity contribution is 0.477. The number of benzene rings is 1. The van der Waals surface area contributed by atoms with E-state index in [4.69, 9.17) is 5.73 Å². The van der Waals surface area contributed by atoms with Gasteiger partial charge in [0.2, 0.25) is 5.95 Å². The molecule has 1 atom stereocenters. The van der Waals surface area contributed by atoms with E-state index >= 15 is 0 Å². The number of nitrogen functional groups attached to an aromatic ring is 1. The molecule has 0 aliphatic carbocycles.